The lowest BCUT2D eigenvalue weighted by Gasteiger charge is -2.02. The van der Waals surface area contributed by atoms with Gasteiger partial charge in [0, 0.05) is 3.57 Å². The van der Waals surface area contributed by atoms with Gasteiger partial charge in [0.2, 0.25) is 5.82 Å². The maximum absolute atomic E-state index is 5.57. The number of rotatable bonds is 4. The van der Waals surface area contributed by atoms with Gasteiger partial charge in [0.05, 0.1) is 6.26 Å². The van der Waals surface area contributed by atoms with E-state index < -0.39 is 0 Å². The van der Waals surface area contributed by atoms with Crippen molar-refractivity contribution in [1.82, 2.24) is 10.1 Å². The lowest BCUT2D eigenvalue weighted by molar-refractivity contribution is 0.243. The maximum Gasteiger partial charge on any atom is 0.264 e. The van der Waals surface area contributed by atoms with Crippen molar-refractivity contribution in [2.24, 2.45) is 0 Å². The van der Waals surface area contributed by atoms with Gasteiger partial charge in [0.25, 0.3) is 5.89 Å². The summed E-state index contributed by atoms with van der Waals surface area (Å²) >= 11 is 2.23. The van der Waals surface area contributed by atoms with E-state index in [1.807, 2.05) is 24.3 Å². The number of aromatic nitrogens is 2. The summed E-state index contributed by atoms with van der Waals surface area (Å²) in [5.74, 6) is 2.17. The third-order valence-corrected chi connectivity index (χ3v) is 3.04. The normalized spacial score (nSPS) is 10.6. The van der Waals surface area contributed by atoms with Crippen molar-refractivity contribution in [1.29, 1.82) is 0 Å². The van der Waals surface area contributed by atoms with Crippen LogP contribution in [0.2, 0.25) is 0 Å². The second-order valence-electron chi connectivity index (χ2n) is 3.74. The van der Waals surface area contributed by atoms with Crippen LogP contribution in [0.5, 0.6) is 5.75 Å². The summed E-state index contributed by atoms with van der Waals surface area (Å²) in [6.45, 7) is 0.230. The van der Waals surface area contributed by atoms with Crippen LogP contribution in [-0.2, 0) is 6.61 Å². The first-order valence-electron chi connectivity index (χ1n) is 5.56. The standard InChI is InChI=1S/C13H9IN2O3/c14-9-3-1-4-10(7-9)18-8-12-15-13(16-19-12)11-5-2-6-17-11/h1-7H,8H2. The molecule has 3 rings (SSSR count). The Morgan fingerprint density at radius 3 is 2.95 bits per heavy atom. The topological polar surface area (TPSA) is 61.3 Å². The first-order chi connectivity index (χ1) is 9.31. The van der Waals surface area contributed by atoms with Crippen molar-refractivity contribution < 1.29 is 13.7 Å². The number of halogens is 1. The smallest absolute Gasteiger partial charge is 0.264 e. The zero-order valence-corrected chi connectivity index (χ0v) is 11.9. The molecule has 0 saturated heterocycles. The molecule has 0 aliphatic rings. The van der Waals surface area contributed by atoms with Gasteiger partial charge in [-0.2, -0.15) is 4.98 Å². The molecule has 0 unspecified atom stereocenters. The molecular formula is C13H9IN2O3. The van der Waals surface area contributed by atoms with E-state index in [1.165, 1.54) is 0 Å². The molecule has 0 aliphatic carbocycles. The molecule has 0 N–H and O–H groups in total. The molecule has 0 spiro atoms. The Balaban J connectivity index is 1.68. The SMILES string of the molecule is Ic1cccc(OCc2nc(-c3ccco3)no2)c1. The fourth-order valence-corrected chi connectivity index (χ4v) is 2.04. The minimum Gasteiger partial charge on any atom is -0.484 e. The molecule has 96 valence electrons. The van der Waals surface area contributed by atoms with E-state index in [2.05, 4.69) is 32.7 Å². The van der Waals surface area contributed by atoms with Crippen LogP contribution in [0.1, 0.15) is 5.89 Å². The van der Waals surface area contributed by atoms with Gasteiger partial charge in [0.15, 0.2) is 12.4 Å². The molecule has 0 radical (unpaired) electrons. The van der Waals surface area contributed by atoms with Crippen molar-refractivity contribution in [3.63, 3.8) is 0 Å². The molecule has 3 aromatic rings. The predicted octanol–water partition coefficient (Wildman–Crippen LogP) is 3.51. The van der Waals surface area contributed by atoms with E-state index in [9.17, 15) is 0 Å². The Bertz CT molecular complexity index is 664. The molecule has 0 saturated carbocycles. The molecule has 19 heavy (non-hydrogen) atoms. The third kappa shape index (κ3) is 2.95. The second kappa shape index (κ2) is 5.43. The second-order valence-corrected chi connectivity index (χ2v) is 4.98. The van der Waals surface area contributed by atoms with Gasteiger partial charge in [-0.1, -0.05) is 11.2 Å². The van der Waals surface area contributed by atoms with E-state index in [-0.39, 0.29) is 6.61 Å². The van der Waals surface area contributed by atoms with Gasteiger partial charge in [-0.3, -0.25) is 0 Å². The largest absolute Gasteiger partial charge is 0.484 e. The summed E-state index contributed by atoms with van der Waals surface area (Å²) < 4.78 is 17.0. The summed E-state index contributed by atoms with van der Waals surface area (Å²) in [5, 5.41) is 3.83. The van der Waals surface area contributed by atoms with Crippen LogP contribution in [-0.4, -0.2) is 10.1 Å². The first-order valence-corrected chi connectivity index (χ1v) is 6.64. The monoisotopic (exact) mass is 368 g/mol. The van der Waals surface area contributed by atoms with Crippen LogP contribution in [0.15, 0.2) is 51.6 Å². The number of hydrogen-bond donors (Lipinski definition) is 0. The lowest BCUT2D eigenvalue weighted by Crippen LogP contribution is -1.95. The van der Waals surface area contributed by atoms with Crippen LogP contribution in [0.3, 0.4) is 0 Å². The first kappa shape index (κ1) is 12.2. The summed E-state index contributed by atoms with van der Waals surface area (Å²) in [6.07, 6.45) is 1.56. The van der Waals surface area contributed by atoms with E-state index in [1.54, 1.807) is 18.4 Å². The number of furan rings is 1. The highest BCUT2D eigenvalue weighted by Crippen LogP contribution is 2.18. The summed E-state index contributed by atoms with van der Waals surface area (Å²) in [5.41, 5.74) is 0. The minimum absolute atomic E-state index is 0.230. The molecule has 1 aromatic carbocycles. The summed E-state index contributed by atoms with van der Waals surface area (Å²) in [7, 11) is 0. The number of ether oxygens (including phenoxy) is 1. The molecule has 2 heterocycles. The van der Waals surface area contributed by atoms with Gasteiger partial charge >= 0.3 is 0 Å². The van der Waals surface area contributed by atoms with E-state index in [0.29, 0.717) is 17.5 Å². The molecule has 0 amide bonds. The summed E-state index contributed by atoms with van der Waals surface area (Å²) in [4.78, 5) is 4.19. The zero-order valence-electron chi connectivity index (χ0n) is 9.75. The van der Waals surface area contributed by atoms with Crippen molar-refractivity contribution in [2.75, 3.05) is 0 Å². The zero-order chi connectivity index (χ0) is 13.1. The molecule has 6 heteroatoms. The van der Waals surface area contributed by atoms with Crippen molar-refractivity contribution >= 4 is 22.6 Å². The molecular weight excluding hydrogens is 359 g/mol. The van der Waals surface area contributed by atoms with E-state index in [0.717, 1.165) is 9.32 Å². The van der Waals surface area contributed by atoms with Crippen molar-refractivity contribution in [3.8, 4) is 17.3 Å². The quantitative estimate of drug-likeness (QED) is 0.660. The van der Waals surface area contributed by atoms with Crippen LogP contribution >= 0.6 is 22.6 Å². The minimum atomic E-state index is 0.230. The number of benzene rings is 1. The van der Waals surface area contributed by atoms with Gasteiger partial charge in [-0.25, -0.2) is 0 Å². The molecule has 5 nitrogen and oxygen atoms in total. The predicted molar refractivity (Wildman–Crippen MR) is 75.5 cm³/mol. The maximum atomic E-state index is 5.57. The van der Waals surface area contributed by atoms with Crippen LogP contribution in [0.4, 0.5) is 0 Å². The fraction of sp³-hybridized carbons (Fsp3) is 0.0769. The number of hydrogen-bond acceptors (Lipinski definition) is 5. The Labute approximate surface area is 122 Å². The van der Waals surface area contributed by atoms with Crippen molar-refractivity contribution in [2.45, 2.75) is 6.61 Å². The Hall–Kier alpha value is -1.83. The Kier molecular flexibility index (Phi) is 3.49. The van der Waals surface area contributed by atoms with Crippen LogP contribution in [0, 0.1) is 3.57 Å². The average Bonchev–Trinajstić information content (AvgIpc) is 3.07. The molecule has 0 atom stereocenters. The number of nitrogens with zero attached hydrogens (tertiary/aromatic N) is 2. The van der Waals surface area contributed by atoms with Crippen molar-refractivity contribution in [3.05, 3.63) is 52.1 Å². The highest BCUT2D eigenvalue weighted by Gasteiger charge is 2.11. The van der Waals surface area contributed by atoms with E-state index >= 15 is 0 Å². The lowest BCUT2D eigenvalue weighted by atomic mass is 10.3. The molecule has 2 aromatic heterocycles. The van der Waals surface area contributed by atoms with Gasteiger partial charge in [0.1, 0.15) is 5.75 Å². The van der Waals surface area contributed by atoms with Crippen LogP contribution < -0.4 is 4.74 Å². The molecule has 0 aliphatic heterocycles. The molecule has 0 bridgehead atoms. The fourth-order valence-electron chi connectivity index (χ4n) is 1.52. The Morgan fingerprint density at radius 2 is 2.16 bits per heavy atom. The highest BCUT2D eigenvalue weighted by atomic mass is 127. The van der Waals surface area contributed by atoms with Gasteiger partial charge in [-0.05, 0) is 52.9 Å². The van der Waals surface area contributed by atoms with Gasteiger partial charge in [-0.15, -0.1) is 0 Å². The van der Waals surface area contributed by atoms with Crippen LogP contribution in [0.25, 0.3) is 11.6 Å². The summed E-state index contributed by atoms with van der Waals surface area (Å²) in [6, 6.07) is 11.3. The highest BCUT2D eigenvalue weighted by molar-refractivity contribution is 14.1. The molecule has 0 fully saturated rings. The van der Waals surface area contributed by atoms with E-state index in [4.69, 9.17) is 13.7 Å². The average molecular weight is 368 g/mol. The third-order valence-electron chi connectivity index (χ3n) is 2.37. The Morgan fingerprint density at radius 1 is 1.21 bits per heavy atom. The van der Waals surface area contributed by atoms with Gasteiger partial charge < -0.3 is 13.7 Å².